The Kier molecular flexibility index (Phi) is 3.12. The van der Waals surface area contributed by atoms with Gasteiger partial charge in [0, 0.05) is 25.3 Å². The van der Waals surface area contributed by atoms with Crippen LogP contribution in [-0.2, 0) is 6.42 Å². The number of hydrogen-bond donors (Lipinski definition) is 1. The highest BCUT2D eigenvalue weighted by Crippen LogP contribution is 2.35. The van der Waals surface area contributed by atoms with E-state index in [1.807, 2.05) is 0 Å². The standard InChI is InChI=1S/C14H19N3S/c1-3-15-14-16-11-9-12-10(8-13(11)18-14)6-5-7-17(12)4-2/h8-9H,3-7H2,1-2H3,(H,15,16). The van der Waals surface area contributed by atoms with E-state index in [4.69, 9.17) is 0 Å². The van der Waals surface area contributed by atoms with Gasteiger partial charge in [0.2, 0.25) is 0 Å². The highest BCUT2D eigenvalue weighted by atomic mass is 32.1. The van der Waals surface area contributed by atoms with Crippen molar-refractivity contribution in [1.29, 1.82) is 0 Å². The zero-order valence-corrected chi connectivity index (χ0v) is 11.8. The van der Waals surface area contributed by atoms with E-state index in [0.29, 0.717) is 0 Å². The summed E-state index contributed by atoms with van der Waals surface area (Å²) in [6, 6.07) is 4.61. The van der Waals surface area contributed by atoms with Gasteiger partial charge in [-0.05, 0) is 44.4 Å². The second kappa shape index (κ2) is 4.76. The van der Waals surface area contributed by atoms with Gasteiger partial charge >= 0.3 is 0 Å². The predicted molar refractivity (Wildman–Crippen MR) is 80.0 cm³/mol. The first kappa shape index (κ1) is 11.8. The maximum Gasteiger partial charge on any atom is 0.183 e. The molecule has 0 amide bonds. The van der Waals surface area contributed by atoms with Crippen LogP contribution in [-0.4, -0.2) is 24.6 Å². The lowest BCUT2D eigenvalue weighted by atomic mass is 10.0. The van der Waals surface area contributed by atoms with Crippen molar-refractivity contribution >= 4 is 32.4 Å². The molecule has 4 heteroatoms. The largest absolute Gasteiger partial charge is 0.372 e. The van der Waals surface area contributed by atoms with Gasteiger partial charge in [0.15, 0.2) is 5.13 Å². The van der Waals surface area contributed by atoms with E-state index in [0.717, 1.165) is 23.7 Å². The summed E-state index contributed by atoms with van der Waals surface area (Å²) in [6.07, 6.45) is 2.47. The quantitative estimate of drug-likeness (QED) is 0.916. The number of hydrogen-bond acceptors (Lipinski definition) is 4. The Labute approximate surface area is 112 Å². The second-order valence-corrected chi connectivity index (χ2v) is 5.71. The molecule has 3 rings (SSSR count). The van der Waals surface area contributed by atoms with Gasteiger partial charge < -0.3 is 10.2 Å². The number of thiazole rings is 1. The Balaban J connectivity index is 2.08. The van der Waals surface area contributed by atoms with Crippen LogP contribution in [0.2, 0.25) is 0 Å². The van der Waals surface area contributed by atoms with Crippen LogP contribution in [0.3, 0.4) is 0 Å². The first-order valence-electron chi connectivity index (χ1n) is 6.74. The lowest BCUT2D eigenvalue weighted by Crippen LogP contribution is -2.28. The van der Waals surface area contributed by atoms with Crippen LogP contribution in [0.4, 0.5) is 10.8 Å². The van der Waals surface area contributed by atoms with Gasteiger partial charge in [-0.1, -0.05) is 11.3 Å². The molecule has 1 N–H and O–H groups in total. The van der Waals surface area contributed by atoms with Gasteiger partial charge in [0.05, 0.1) is 10.2 Å². The second-order valence-electron chi connectivity index (χ2n) is 4.68. The van der Waals surface area contributed by atoms with E-state index in [9.17, 15) is 0 Å². The molecule has 1 aromatic carbocycles. The molecule has 0 saturated carbocycles. The molecule has 0 radical (unpaired) electrons. The zero-order chi connectivity index (χ0) is 12.5. The maximum absolute atomic E-state index is 4.66. The number of nitrogens with one attached hydrogen (secondary N) is 1. The molecule has 96 valence electrons. The number of benzene rings is 1. The fourth-order valence-electron chi connectivity index (χ4n) is 2.64. The molecule has 1 aromatic heterocycles. The van der Waals surface area contributed by atoms with Crippen LogP contribution in [0.1, 0.15) is 25.8 Å². The van der Waals surface area contributed by atoms with Crippen molar-refractivity contribution in [2.45, 2.75) is 26.7 Å². The van der Waals surface area contributed by atoms with Crippen molar-refractivity contribution < 1.29 is 0 Å². The molecular weight excluding hydrogens is 242 g/mol. The smallest absolute Gasteiger partial charge is 0.183 e. The number of rotatable bonds is 3. The fourth-order valence-corrected chi connectivity index (χ4v) is 3.61. The van der Waals surface area contributed by atoms with Crippen molar-refractivity contribution in [3.63, 3.8) is 0 Å². The minimum atomic E-state index is 0.931. The van der Waals surface area contributed by atoms with E-state index < -0.39 is 0 Å². The molecule has 0 spiro atoms. The van der Waals surface area contributed by atoms with Crippen LogP contribution in [0.25, 0.3) is 10.2 Å². The Morgan fingerprint density at radius 3 is 3.06 bits per heavy atom. The van der Waals surface area contributed by atoms with Crippen LogP contribution < -0.4 is 10.2 Å². The third-order valence-corrected chi connectivity index (χ3v) is 4.49. The van der Waals surface area contributed by atoms with Gasteiger partial charge in [-0.2, -0.15) is 0 Å². The monoisotopic (exact) mass is 261 g/mol. The van der Waals surface area contributed by atoms with Crippen molar-refractivity contribution in [1.82, 2.24) is 4.98 Å². The highest BCUT2D eigenvalue weighted by molar-refractivity contribution is 7.22. The Morgan fingerprint density at radius 1 is 1.39 bits per heavy atom. The summed E-state index contributed by atoms with van der Waals surface area (Å²) in [6.45, 7) is 7.53. The predicted octanol–water partition coefficient (Wildman–Crippen LogP) is 3.50. The number of aryl methyl sites for hydroxylation is 1. The molecule has 1 aliphatic rings. The summed E-state index contributed by atoms with van der Waals surface area (Å²) in [4.78, 5) is 7.12. The van der Waals surface area contributed by atoms with Gasteiger partial charge in [0.25, 0.3) is 0 Å². The van der Waals surface area contributed by atoms with Crippen molar-refractivity contribution in [2.75, 3.05) is 29.9 Å². The van der Waals surface area contributed by atoms with Crippen molar-refractivity contribution in [3.05, 3.63) is 17.7 Å². The molecule has 0 unspecified atom stereocenters. The summed E-state index contributed by atoms with van der Waals surface area (Å²) in [5.41, 5.74) is 4.02. The zero-order valence-electron chi connectivity index (χ0n) is 11.0. The Hall–Kier alpha value is -1.29. The lowest BCUT2D eigenvalue weighted by molar-refractivity contribution is 0.709. The normalized spacial score (nSPS) is 14.9. The van der Waals surface area contributed by atoms with Crippen LogP contribution >= 0.6 is 11.3 Å². The van der Waals surface area contributed by atoms with E-state index in [-0.39, 0.29) is 0 Å². The number of nitrogens with zero attached hydrogens (tertiary/aromatic N) is 2. The van der Waals surface area contributed by atoms with Crippen LogP contribution in [0.15, 0.2) is 12.1 Å². The minimum absolute atomic E-state index is 0.931. The molecule has 0 atom stereocenters. The van der Waals surface area contributed by atoms with Gasteiger partial charge in [-0.3, -0.25) is 0 Å². The summed E-state index contributed by atoms with van der Waals surface area (Å²) in [5, 5.41) is 4.35. The SMILES string of the molecule is CCNc1nc2cc3c(cc2s1)CCCN3CC. The van der Waals surface area contributed by atoms with Crippen molar-refractivity contribution in [2.24, 2.45) is 0 Å². The van der Waals surface area contributed by atoms with Gasteiger partial charge in [-0.15, -0.1) is 0 Å². The molecule has 0 saturated heterocycles. The number of fused-ring (bicyclic) bond motifs is 2. The molecular formula is C14H19N3S. The molecule has 3 nitrogen and oxygen atoms in total. The minimum Gasteiger partial charge on any atom is -0.372 e. The first-order valence-corrected chi connectivity index (χ1v) is 7.55. The molecule has 1 aliphatic heterocycles. The van der Waals surface area contributed by atoms with E-state index in [2.05, 4.69) is 41.2 Å². The fraction of sp³-hybridized carbons (Fsp3) is 0.500. The first-order chi connectivity index (χ1) is 8.81. The number of aromatic nitrogens is 1. The molecule has 18 heavy (non-hydrogen) atoms. The van der Waals surface area contributed by atoms with Gasteiger partial charge in [-0.25, -0.2) is 4.98 Å². The molecule has 2 aromatic rings. The third-order valence-electron chi connectivity index (χ3n) is 3.51. The topological polar surface area (TPSA) is 28.2 Å². The van der Waals surface area contributed by atoms with Crippen molar-refractivity contribution in [3.8, 4) is 0 Å². The Bertz CT molecular complexity index is 561. The van der Waals surface area contributed by atoms with E-state index in [1.165, 1.54) is 35.3 Å². The van der Waals surface area contributed by atoms with E-state index in [1.54, 1.807) is 11.3 Å². The molecule has 0 fully saturated rings. The average molecular weight is 261 g/mol. The lowest BCUT2D eigenvalue weighted by Gasteiger charge is -2.30. The summed E-state index contributed by atoms with van der Waals surface area (Å²) in [5.74, 6) is 0. The molecule has 0 aliphatic carbocycles. The van der Waals surface area contributed by atoms with Gasteiger partial charge in [0.1, 0.15) is 0 Å². The third kappa shape index (κ3) is 1.94. The summed E-state index contributed by atoms with van der Waals surface area (Å²) >= 11 is 1.76. The maximum atomic E-state index is 4.66. The Morgan fingerprint density at radius 2 is 2.28 bits per heavy atom. The van der Waals surface area contributed by atoms with Crippen LogP contribution in [0, 0.1) is 0 Å². The summed E-state index contributed by atoms with van der Waals surface area (Å²) in [7, 11) is 0. The summed E-state index contributed by atoms with van der Waals surface area (Å²) < 4.78 is 1.31. The average Bonchev–Trinajstić information content (AvgIpc) is 2.77. The number of anilines is 2. The molecule has 2 heterocycles. The molecule has 0 bridgehead atoms. The van der Waals surface area contributed by atoms with Crippen LogP contribution in [0.5, 0.6) is 0 Å². The highest BCUT2D eigenvalue weighted by Gasteiger charge is 2.17. The van der Waals surface area contributed by atoms with E-state index >= 15 is 0 Å².